The van der Waals surface area contributed by atoms with Crippen molar-refractivity contribution in [3.63, 3.8) is 0 Å². The topological polar surface area (TPSA) is 119 Å². The van der Waals surface area contributed by atoms with Crippen molar-refractivity contribution in [2.75, 3.05) is 24.8 Å². The molecule has 1 atom stereocenters. The number of thioether (sulfide) groups is 1. The molecule has 2 heterocycles. The summed E-state index contributed by atoms with van der Waals surface area (Å²) in [5, 5.41) is 12.8. The molecule has 0 amide bonds. The molecule has 0 aliphatic carbocycles. The number of hydrogen-bond donors (Lipinski definition) is 3. The molecule has 0 fully saturated rings. The summed E-state index contributed by atoms with van der Waals surface area (Å²) < 4.78 is 19.1. The van der Waals surface area contributed by atoms with Crippen LogP contribution in [0.3, 0.4) is 0 Å². The Kier molecular flexibility index (Phi) is 5.87. The molecule has 3 aromatic rings. The smallest absolute Gasteiger partial charge is 0.192 e. The fourth-order valence-electron chi connectivity index (χ4n) is 2.26. The van der Waals surface area contributed by atoms with Gasteiger partial charge in [0.2, 0.25) is 0 Å². The van der Waals surface area contributed by atoms with Gasteiger partial charge in [-0.1, -0.05) is 17.8 Å². The highest BCUT2D eigenvalue weighted by Gasteiger charge is 2.14. The Hall–Kier alpha value is -2.72. The van der Waals surface area contributed by atoms with Gasteiger partial charge in [0.05, 0.1) is 19.9 Å². The summed E-state index contributed by atoms with van der Waals surface area (Å²) in [6.45, 7) is 1.73. The van der Waals surface area contributed by atoms with Crippen LogP contribution in [0, 0.1) is 5.82 Å². The number of nitrogens with one attached hydrogen (secondary N) is 1. The fourth-order valence-corrected chi connectivity index (χ4v) is 3.09. The highest BCUT2D eigenvalue weighted by molar-refractivity contribution is 7.98. The van der Waals surface area contributed by atoms with Crippen molar-refractivity contribution >= 4 is 34.6 Å². The summed E-state index contributed by atoms with van der Waals surface area (Å²) >= 11 is 1.26. The van der Waals surface area contributed by atoms with E-state index in [1.54, 1.807) is 19.1 Å². The lowest BCUT2D eigenvalue weighted by atomic mass is 10.2. The summed E-state index contributed by atoms with van der Waals surface area (Å²) in [5.74, 6) is 1.09. The molecule has 3 rings (SSSR count). The number of aliphatic hydroxyl groups excluding tert-OH is 1. The largest absolute Gasteiger partial charge is 0.497 e. The number of anilines is 2. The second-order valence-corrected chi connectivity index (χ2v) is 6.74. The van der Waals surface area contributed by atoms with Gasteiger partial charge in [0, 0.05) is 17.9 Å². The SMILES string of the molecule is COc1ccc(CSc2nc(N[C@H](C)CO)c3ncc(N)nc3n2)c(F)c1. The number of benzene rings is 1. The average Bonchev–Trinajstić information content (AvgIpc) is 2.66. The van der Waals surface area contributed by atoms with Crippen molar-refractivity contribution in [1.29, 1.82) is 0 Å². The standard InChI is InChI=1S/C17H19FN6O2S/c1-9(7-25)21-15-14-16(22-13(19)6-20-14)24-17(23-15)27-8-10-3-4-11(26-2)5-12(10)18/h3-6,9,25H,7-8H2,1-2H3,(H3,19,21,22,23,24)/t9-/m1/s1. The molecule has 0 aliphatic heterocycles. The quantitative estimate of drug-likeness (QED) is 0.412. The third-order valence-corrected chi connectivity index (χ3v) is 4.58. The van der Waals surface area contributed by atoms with E-state index < -0.39 is 0 Å². The van der Waals surface area contributed by atoms with Crippen LogP contribution in [0.5, 0.6) is 5.75 Å². The Labute approximate surface area is 159 Å². The van der Waals surface area contributed by atoms with Crippen LogP contribution < -0.4 is 15.8 Å². The minimum absolute atomic E-state index is 0.0760. The number of nitrogens with two attached hydrogens (primary N) is 1. The van der Waals surface area contributed by atoms with Crippen LogP contribution in [0.15, 0.2) is 29.6 Å². The molecule has 0 saturated heterocycles. The number of nitrogen functional groups attached to an aromatic ring is 1. The number of aromatic nitrogens is 4. The highest BCUT2D eigenvalue weighted by atomic mass is 32.2. The number of methoxy groups -OCH3 is 1. The predicted octanol–water partition coefficient (Wildman–Crippen LogP) is 2.23. The normalized spacial score (nSPS) is 12.1. The first-order valence-electron chi connectivity index (χ1n) is 8.13. The van der Waals surface area contributed by atoms with Gasteiger partial charge in [-0.3, -0.25) is 0 Å². The number of aliphatic hydroxyl groups is 1. The molecule has 0 unspecified atom stereocenters. The Morgan fingerprint density at radius 2 is 2.15 bits per heavy atom. The van der Waals surface area contributed by atoms with Crippen LogP contribution in [-0.2, 0) is 5.75 Å². The minimum atomic E-state index is -0.362. The van der Waals surface area contributed by atoms with Crippen molar-refractivity contribution < 1.29 is 14.2 Å². The van der Waals surface area contributed by atoms with Crippen LogP contribution in [-0.4, -0.2) is 44.8 Å². The molecular formula is C17H19FN6O2S. The van der Waals surface area contributed by atoms with E-state index in [2.05, 4.69) is 25.3 Å². The van der Waals surface area contributed by atoms with Crippen LogP contribution in [0.2, 0.25) is 0 Å². The molecule has 0 aliphatic rings. The van der Waals surface area contributed by atoms with Gasteiger partial charge in [-0.05, 0) is 18.6 Å². The number of rotatable bonds is 7. The number of nitrogens with zero attached hydrogens (tertiary/aromatic N) is 4. The Bertz CT molecular complexity index is 958. The molecule has 10 heteroatoms. The Morgan fingerprint density at radius 3 is 2.85 bits per heavy atom. The summed E-state index contributed by atoms with van der Waals surface area (Å²) in [7, 11) is 1.49. The van der Waals surface area contributed by atoms with Crippen LogP contribution in [0.1, 0.15) is 12.5 Å². The van der Waals surface area contributed by atoms with E-state index in [4.69, 9.17) is 10.5 Å². The fraction of sp³-hybridized carbons (Fsp3) is 0.294. The Morgan fingerprint density at radius 1 is 1.33 bits per heavy atom. The van der Waals surface area contributed by atoms with E-state index in [0.29, 0.717) is 39.2 Å². The van der Waals surface area contributed by atoms with Gasteiger partial charge in [-0.25, -0.2) is 24.3 Å². The first kappa shape index (κ1) is 19.1. The van der Waals surface area contributed by atoms with E-state index in [1.165, 1.54) is 31.1 Å². The number of halogens is 1. The van der Waals surface area contributed by atoms with Crippen molar-refractivity contribution in [3.05, 3.63) is 35.8 Å². The summed E-state index contributed by atoms with van der Waals surface area (Å²) in [6, 6.07) is 4.45. The van der Waals surface area contributed by atoms with Gasteiger partial charge in [0.15, 0.2) is 22.1 Å². The van der Waals surface area contributed by atoms with E-state index in [9.17, 15) is 9.50 Å². The second kappa shape index (κ2) is 8.31. The van der Waals surface area contributed by atoms with Crippen LogP contribution in [0.25, 0.3) is 11.2 Å². The monoisotopic (exact) mass is 390 g/mol. The van der Waals surface area contributed by atoms with Gasteiger partial charge in [0.25, 0.3) is 0 Å². The highest BCUT2D eigenvalue weighted by Crippen LogP contribution is 2.27. The number of fused-ring (bicyclic) bond motifs is 1. The lowest BCUT2D eigenvalue weighted by molar-refractivity contribution is 0.281. The van der Waals surface area contributed by atoms with Crippen LogP contribution >= 0.6 is 11.8 Å². The summed E-state index contributed by atoms with van der Waals surface area (Å²) in [6.07, 6.45) is 1.42. The molecule has 4 N–H and O–H groups in total. The summed E-state index contributed by atoms with van der Waals surface area (Å²) in [4.78, 5) is 17.2. The van der Waals surface area contributed by atoms with Crippen molar-refractivity contribution in [2.24, 2.45) is 0 Å². The zero-order chi connectivity index (χ0) is 19.4. The average molecular weight is 390 g/mol. The lowest BCUT2D eigenvalue weighted by Crippen LogP contribution is -2.21. The van der Waals surface area contributed by atoms with E-state index in [0.717, 1.165) is 0 Å². The van der Waals surface area contributed by atoms with Crippen molar-refractivity contribution in [1.82, 2.24) is 19.9 Å². The molecule has 0 bridgehead atoms. The zero-order valence-electron chi connectivity index (χ0n) is 14.8. The van der Waals surface area contributed by atoms with E-state index in [1.807, 2.05) is 0 Å². The van der Waals surface area contributed by atoms with Crippen molar-refractivity contribution in [2.45, 2.75) is 23.9 Å². The van der Waals surface area contributed by atoms with E-state index in [-0.39, 0.29) is 24.3 Å². The van der Waals surface area contributed by atoms with Gasteiger partial charge >= 0.3 is 0 Å². The summed E-state index contributed by atoms with van der Waals surface area (Å²) in [5.41, 5.74) is 6.98. The molecule has 0 saturated carbocycles. The van der Waals surface area contributed by atoms with Gasteiger partial charge in [0.1, 0.15) is 17.4 Å². The molecule has 27 heavy (non-hydrogen) atoms. The number of ether oxygens (including phenoxy) is 1. The van der Waals surface area contributed by atoms with Gasteiger partial charge in [-0.15, -0.1) is 0 Å². The minimum Gasteiger partial charge on any atom is -0.497 e. The molecule has 1 aromatic carbocycles. The molecule has 8 nitrogen and oxygen atoms in total. The molecular weight excluding hydrogens is 371 g/mol. The maximum absolute atomic E-state index is 14.1. The van der Waals surface area contributed by atoms with Gasteiger partial charge in [-0.2, -0.15) is 0 Å². The van der Waals surface area contributed by atoms with Crippen molar-refractivity contribution in [3.8, 4) is 5.75 Å². The van der Waals surface area contributed by atoms with E-state index >= 15 is 0 Å². The maximum atomic E-state index is 14.1. The predicted molar refractivity (Wildman–Crippen MR) is 102 cm³/mol. The third-order valence-electron chi connectivity index (χ3n) is 3.68. The first-order valence-corrected chi connectivity index (χ1v) is 9.11. The Balaban J connectivity index is 1.89. The molecule has 0 spiro atoms. The maximum Gasteiger partial charge on any atom is 0.192 e. The molecule has 2 aromatic heterocycles. The lowest BCUT2D eigenvalue weighted by Gasteiger charge is -2.14. The van der Waals surface area contributed by atoms with Gasteiger partial charge < -0.3 is 20.9 Å². The zero-order valence-corrected chi connectivity index (χ0v) is 15.6. The molecule has 0 radical (unpaired) electrons. The third kappa shape index (κ3) is 4.52. The molecule has 142 valence electrons. The number of hydrogen-bond acceptors (Lipinski definition) is 9. The first-order chi connectivity index (χ1) is 13.0. The van der Waals surface area contributed by atoms with Crippen LogP contribution in [0.4, 0.5) is 16.0 Å². The second-order valence-electron chi connectivity index (χ2n) is 5.80.